The van der Waals surface area contributed by atoms with Gasteiger partial charge < -0.3 is 18.7 Å². The Hall–Kier alpha value is -3.94. The Balaban J connectivity index is 1.29. The van der Waals surface area contributed by atoms with Crippen LogP contribution in [0, 0.1) is 0 Å². The standard InChI is InChI=1S/C24H23N5O3/c30-22(16-31-20-6-2-1-3-7-20)29-14-5-4-8-21(29)24-26-23(27-32-24)18-9-11-19(12-10-18)28-15-13-25-17-28/h1-3,6-7,9-13,15,17,21H,4-5,8,14,16H2. The van der Waals surface area contributed by atoms with Gasteiger partial charge in [0, 0.05) is 30.2 Å². The second kappa shape index (κ2) is 9.05. The van der Waals surface area contributed by atoms with Crippen molar-refractivity contribution >= 4 is 5.91 Å². The third-order valence-electron chi connectivity index (χ3n) is 5.58. The minimum absolute atomic E-state index is 0.0166. The molecule has 2 aromatic carbocycles. The van der Waals surface area contributed by atoms with Gasteiger partial charge in [-0.3, -0.25) is 4.79 Å². The van der Waals surface area contributed by atoms with Gasteiger partial charge in [0.25, 0.3) is 5.91 Å². The number of para-hydroxylation sites is 1. The van der Waals surface area contributed by atoms with Crippen molar-refractivity contribution in [2.24, 2.45) is 0 Å². The van der Waals surface area contributed by atoms with E-state index in [-0.39, 0.29) is 18.6 Å². The van der Waals surface area contributed by atoms with Crippen LogP contribution in [0.1, 0.15) is 31.2 Å². The summed E-state index contributed by atoms with van der Waals surface area (Å²) in [5.41, 5.74) is 1.85. The van der Waals surface area contributed by atoms with Crippen LogP contribution >= 0.6 is 0 Å². The number of rotatable bonds is 6. The van der Waals surface area contributed by atoms with Gasteiger partial charge in [0.15, 0.2) is 6.61 Å². The number of benzene rings is 2. The van der Waals surface area contributed by atoms with Gasteiger partial charge >= 0.3 is 0 Å². The smallest absolute Gasteiger partial charge is 0.261 e. The topological polar surface area (TPSA) is 86.3 Å². The van der Waals surface area contributed by atoms with Crippen molar-refractivity contribution in [1.29, 1.82) is 0 Å². The summed E-state index contributed by atoms with van der Waals surface area (Å²) >= 11 is 0. The van der Waals surface area contributed by atoms with E-state index in [2.05, 4.69) is 15.1 Å². The first kappa shape index (κ1) is 20.0. The van der Waals surface area contributed by atoms with Crippen LogP contribution in [0.25, 0.3) is 17.1 Å². The number of nitrogens with zero attached hydrogens (tertiary/aromatic N) is 5. The number of piperidine rings is 1. The third kappa shape index (κ3) is 4.25. The molecule has 1 unspecified atom stereocenters. The molecule has 32 heavy (non-hydrogen) atoms. The number of aromatic nitrogens is 4. The van der Waals surface area contributed by atoms with Crippen molar-refractivity contribution < 1.29 is 14.1 Å². The van der Waals surface area contributed by atoms with E-state index in [1.165, 1.54) is 0 Å². The molecule has 0 radical (unpaired) electrons. The lowest BCUT2D eigenvalue weighted by Gasteiger charge is -2.33. The first-order valence-electron chi connectivity index (χ1n) is 10.7. The fourth-order valence-corrected chi connectivity index (χ4v) is 3.91. The van der Waals surface area contributed by atoms with Gasteiger partial charge in [-0.25, -0.2) is 4.98 Å². The Kier molecular flexibility index (Phi) is 5.65. The highest BCUT2D eigenvalue weighted by atomic mass is 16.5. The number of ether oxygens (including phenoxy) is 1. The Morgan fingerprint density at radius 3 is 2.72 bits per heavy atom. The van der Waals surface area contributed by atoms with E-state index in [9.17, 15) is 4.79 Å². The molecule has 3 heterocycles. The number of amides is 1. The maximum atomic E-state index is 12.9. The molecule has 1 atom stereocenters. The van der Waals surface area contributed by atoms with Crippen molar-refractivity contribution in [3.8, 4) is 22.8 Å². The normalized spacial score (nSPS) is 16.1. The van der Waals surface area contributed by atoms with Crippen LogP contribution in [-0.4, -0.2) is 43.7 Å². The van der Waals surface area contributed by atoms with Crippen LogP contribution in [0.5, 0.6) is 5.75 Å². The molecule has 162 valence electrons. The second-order valence-corrected chi connectivity index (χ2v) is 7.67. The third-order valence-corrected chi connectivity index (χ3v) is 5.58. The minimum atomic E-state index is -0.234. The van der Waals surface area contributed by atoms with Crippen molar-refractivity contribution in [3.63, 3.8) is 0 Å². The lowest BCUT2D eigenvalue weighted by atomic mass is 10.0. The van der Waals surface area contributed by atoms with Gasteiger partial charge in [-0.2, -0.15) is 4.98 Å². The molecule has 2 aromatic heterocycles. The highest BCUT2D eigenvalue weighted by Crippen LogP contribution is 2.31. The number of hydrogen-bond donors (Lipinski definition) is 0. The highest BCUT2D eigenvalue weighted by molar-refractivity contribution is 5.78. The average Bonchev–Trinajstić information content (AvgIpc) is 3.56. The predicted octanol–water partition coefficient (Wildman–Crippen LogP) is 4.05. The van der Waals surface area contributed by atoms with E-state index in [4.69, 9.17) is 9.26 Å². The molecule has 8 heteroatoms. The molecule has 0 N–H and O–H groups in total. The number of imidazole rings is 1. The fourth-order valence-electron chi connectivity index (χ4n) is 3.91. The molecule has 1 amide bonds. The second-order valence-electron chi connectivity index (χ2n) is 7.67. The molecular formula is C24H23N5O3. The van der Waals surface area contributed by atoms with Crippen molar-refractivity contribution in [2.45, 2.75) is 25.3 Å². The molecule has 0 aliphatic carbocycles. The zero-order valence-electron chi connectivity index (χ0n) is 17.5. The Bertz CT molecular complexity index is 1160. The largest absolute Gasteiger partial charge is 0.484 e. The Morgan fingerprint density at radius 1 is 1.09 bits per heavy atom. The van der Waals surface area contributed by atoms with Crippen molar-refractivity contribution in [3.05, 3.63) is 79.2 Å². The summed E-state index contributed by atoms with van der Waals surface area (Å²) in [4.78, 5) is 23.4. The molecule has 4 aromatic rings. The molecule has 5 rings (SSSR count). The molecular weight excluding hydrogens is 406 g/mol. The molecule has 1 aliphatic heterocycles. The fraction of sp³-hybridized carbons (Fsp3) is 0.250. The molecule has 1 aliphatic rings. The first-order chi connectivity index (χ1) is 15.8. The lowest BCUT2D eigenvalue weighted by Crippen LogP contribution is -2.41. The number of carbonyl (C=O) groups is 1. The molecule has 0 saturated carbocycles. The quantitative estimate of drug-likeness (QED) is 0.460. The van der Waals surface area contributed by atoms with Crippen molar-refractivity contribution in [1.82, 2.24) is 24.6 Å². The maximum absolute atomic E-state index is 12.9. The van der Waals surface area contributed by atoms with Crippen LogP contribution in [-0.2, 0) is 4.79 Å². The van der Waals surface area contributed by atoms with Gasteiger partial charge in [-0.05, 0) is 55.7 Å². The molecule has 0 spiro atoms. The van der Waals surface area contributed by atoms with Gasteiger partial charge in [-0.1, -0.05) is 23.4 Å². The zero-order chi connectivity index (χ0) is 21.8. The van der Waals surface area contributed by atoms with Crippen molar-refractivity contribution in [2.75, 3.05) is 13.2 Å². The monoisotopic (exact) mass is 429 g/mol. The summed E-state index contributed by atoms with van der Waals surface area (Å²) in [5.74, 6) is 1.57. The molecule has 8 nitrogen and oxygen atoms in total. The summed E-state index contributed by atoms with van der Waals surface area (Å²) in [7, 11) is 0. The maximum Gasteiger partial charge on any atom is 0.261 e. The SMILES string of the molecule is O=C(COc1ccccc1)N1CCCCC1c1nc(-c2ccc(-n3ccnc3)cc2)no1. The average molecular weight is 429 g/mol. The molecule has 1 fully saturated rings. The van der Waals surface area contributed by atoms with Gasteiger partial charge in [0.2, 0.25) is 11.7 Å². The van der Waals surface area contributed by atoms with Gasteiger partial charge in [0.1, 0.15) is 11.8 Å². The molecule has 0 bridgehead atoms. The summed E-state index contributed by atoms with van der Waals surface area (Å²) in [6.45, 7) is 0.635. The van der Waals surface area contributed by atoms with E-state index in [0.717, 1.165) is 30.5 Å². The number of carbonyl (C=O) groups excluding carboxylic acids is 1. The van der Waals surface area contributed by atoms with E-state index in [1.54, 1.807) is 17.4 Å². The molecule has 1 saturated heterocycles. The summed E-state index contributed by atoms with van der Waals surface area (Å²) in [5, 5.41) is 4.17. The van der Waals surface area contributed by atoms with E-state index in [0.29, 0.717) is 24.0 Å². The van der Waals surface area contributed by atoms with E-state index < -0.39 is 0 Å². The lowest BCUT2D eigenvalue weighted by molar-refractivity contribution is -0.138. The van der Waals surface area contributed by atoms with Crippen LogP contribution in [0.3, 0.4) is 0 Å². The predicted molar refractivity (Wildman–Crippen MR) is 117 cm³/mol. The Labute approximate surface area is 185 Å². The van der Waals surface area contributed by atoms with Crippen LogP contribution in [0.2, 0.25) is 0 Å². The minimum Gasteiger partial charge on any atom is -0.484 e. The first-order valence-corrected chi connectivity index (χ1v) is 10.7. The van der Waals surface area contributed by atoms with Crippen LogP contribution < -0.4 is 4.74 Å². The highest BCUT2D eigenvalue weighted by Gasteiger charge is 2.32. The van der Waals surface area contributed by atoms with Gasteiger partial charge in [0.05, 0.1) is 6.33 Å². The van der Waals surface area contributed by atoms with Gasteiger partial charge in [-0.15, -0.1) is 0 Å². The zero-order valence-corrected chi connectivity index (χ0v) is 17.5. The summed E-state index contributed by atoms with van der Waals surface area (Å²) in [6.07, 6.45) is 8.12. The number of likely N-dealkylation sites (tertiary alicyclic amines) is 1. The summed E-state index contributed by atoms with van der Waals surface area (Å²) < 4.78 is 13.2. The number of hydrogen-bond acceptors (Lipinski definition) is 6. The van der Waals surface area contributed by atoms with E-state index >= 15 is 0 Å². The summed E-state index contributed by atoms with van der Waals surface area (Å²) in [6, 6.07) is 17.0. The van der Waals surface area contributed by atoms with E-state index in [1.807, 2.05) is 65.4 Å². The van der Waals surface area contributed by atoms with Crippen LogP contribution in [0.4, 0.5) is 0 Å². The Morgan fingerprint density at radius 2 is 1.94 bits per heavy atom. The van der Waals surface area contributed by atoms with Crippen LogP contribution in [0.15, 0.2) is 77.8 Å².